The Morgan fingerprint density at radius 1 is 1.21 bits per heavy atom. The average Bonchev–Trinajstić information content (AvgIpc) is 2.33. The Hall–Kier alpha value is -1.38. The molecular weight excluding hydrogens is 236 g/mol. The Morgan fingerprint density at radius 3 is 2.53 bits per heavy atom. The van der Waals surface area contributed by atoms with Gasteiger partial charge in [0.15, 0.2) is 0 Å². The summed E-state index contributed by atoms with van der Waals surface area (Å²) in [5, 5.41) is 3.60. The number of nitrogens with one attached hydrogen (secondary N) is 1. The van der Waals surface area contributed by atoms with Crippen molar-refractivity contribution in [2.24, 2.45) is 11.8 Å². The van der Waals surface area contributed by atoms with Crippen molar-refractivity contribution in [3.05, 3.63) is 18.2 Å². The minimum Gasteiger partial charge on any atom is -0.492 e. The lowest BCUT2D eigenvalue weighted by Crippen LogP contribution is -2.30. The van der Waals surface area contributed by atoms with E-state index in [0.717, 1.165) is 29.0 Å². The number of nitrogen functional groups attached to an aromatic ring is 1. The molecule has 3 nitrogen and oxygen atoms in total. The van der Waals surface area contributed by atoms with Crippen molar-refractivity contribution in [1.82, 2.24) is 0 Å². The van der Waals surface area contributed by atoms with Crippen LogP contribution in [-0.2, 0) is 0 Å². The molecule has 1 aromatic carbocycles. The third-order valence-electron chi connectivity index (χ3n) is 3.90. The van der Waals surface area contributed by atoms with Crippen LogP contribution < -0.4 is 15.8 Å². The summed E-state index contributed by atoms with van der Waals surface area (Å²) in [4.78, 5) is 0. The minimum atomic E-state index is 0.526. The highest BCUT2D eigenvalue weighted by molar-refractivity contribution is 5.73. The summed E-state index contributed by atoms with van der Waals surface area (Å²) in [5.41, 5.74) is 7.91. The summed E-state index contributed by atoms with van der Waals surface area (Å²) in [6.07, 6.45) is 3.79. The van der Waals surface area contributed by atoms with E-state index in [2.05, 4.69) is 19.2 Å². The van der Waals surface area contributed by atoms with Crippen molar-refractivity contribution >= 4 is 11.4 Å². The lowest BCUT2D eigenvalue weighted by molar-refractivity contribution is 0.281. The molecule has 3 heteroatoms. The number of hydrogen-bond acceptors (Lipinski definition) is 3. The van der Waals surface area contributed by atoms with Crippen LogP contribution in [0.3, 0.4) is 0 Å². The molecular formula is C16H26N2O. The van der Waals surface area contributed by atoms with Gasteiger partial charge in [0.1, 0.15) is 5.75 Å². The number of rotatable bonds is 4. The van der Waals surface area contributed by atoms with Gasteiger partial charge in [0.25, 0.3) is 0 Å². The molecule has 1 saturated carbocycles. The number of hydrogen-bond donors (Lipinski definition) is 2. The van der Waals surface area contributed by atoms with Crippen LogP contribution in [0.4, 0.5) is 11.4 Å². The molecule has 0 radical (unpaired) electrons. The molecule has 1 aliphatic carbocycles. The van der Waals surface area contributed by atoms with E-state index in [1.165, 1.54) is 19.3 Å². The molecule has 0 spiro atoms. The number of para-hydroxylation sites is 1. The van der Waals surface area contributed by atoms with Crippen molar-refractivity contribution in [1.29, 1.82) is 0 Å². The molecule has 0 bridgehead atoms. The number of benzene rings is 1. The summed E-state index contributed by atoms with van der Waals surface area (Å²) in [6.45, 7) is 7.30. The average molecular weight is 262 g/mol. The Bertz CT molecular complexity index is 409. The Kier molecular flexibility index (Phi) is 4.56. The fourth-order valence-electron chi connectivity index (χ4n) is 3.24. The standard InChI is InChI=1S/C16H26N2O/c1-4-19-15-7-5-6-14(16(15)17)18-13-9-11(2)8-12(3)10-13/h5-7,11-13,18H,4,8-10,17H2,1-3H3. The molecule has 1 fully saturated rings. The summed E-state index contributed by atoms with van der Waals surface area (Å²) < 4.78 is 5.54. The van der Waals surface area contributed by atoms with E-state index in [9.17, 15) is 0 Å². The molecule has 0 saturated heterocycles. The number of nitrogens with two attached hydrogens (primary N) is 1. The van der Waals surface area contributed by atoms with Gasteiger partial charge in [0.05, 0.1) is 18.0 Å². The third kappa shape index (κ3) is 3.55. The van der Waals surface area contributed by atoms with Gasteiger partial charge in [-0.15, -0.1) is 0 Å². The second-order valence-corrected chi connectivity index (χ2v) is 5.91. The SMILES string of the molecule is CCOc1cccc(NC2CC(C)CC(C)C2)c1N. The zero-order valence-electron chi connectivity index (χ0n) is 12.3. The third-order valence-corrected chi connectivity index (χ3v) is 3.90. The monoisotopic (exact) mass is 262 g/mol. The van der Waals surface area contributed by atoms with Gasteiger partial charge in [-0.05, 0) is 50.2 Å². The van der Waals surface area contributed by atoms with Crippen LogP contribution in [0.15, 0.2) is 18.2 Å². The van der Waals surface area contributed by atoms with Gasteiger partial charge < -0.3 is 15.8 Å². The highest BCUT2D eigenvalue weighted by Gasteiger charge is 2.24. The summed E-state index contributed by atoms with van der Waals surface area (Å²) >= 11 is 0. The molecule has 0 heterocycles. The van der Waals surface area contributed by atoms with Crippen molar-refractivity contribution in [3.8, 4) is 5.75 Å². The van der Waals surface area contributed by atoms with E-state index in [1.54, 1.807) is 0 Å². The number of ether oxygens (including phenoxy) is 1. The van der Waals surface area contributed by atoms with Crippen molar-refractivity contribution in [3.63, 3.8) is 0 Å². The zero-order valence-corrected chi connectivity index (χ0v) is 12.3. The van der Waals surface area contributed by atoms with Gasteiger partial charge in [-0.1, -0.05) is 19.9 Å². The van der Waals surface area contributed by atoms with E-state index < -0.39 is 0 Å². The van der Waals surface area contributed by atoms with Crippen LogP contribution in [0.1, 0.15) is 40.0 Å². The van der Waals surface area contributed by atoms with Gasteiger partial charge in [-0.3, -0.25) is 0 Å². The van der Waals surface area contributed by atoms with Crippen molar-refractivity contribution in [2.75, 3.05) is 17.7 Å². The molecule has 2 rings (SSSR count). The lowest BCUT2D eigenvalue weighted by atomic mass is 9.80. The first-order valence-electron chi connectivity index (χ1n) is 7.38. The maximum absolute atomic E-state index is 6.17. The van der Waals surface area contributed by atoms with E-state index in [4.69, 9.17) is 10.5 Å². The summed E-state index contributed by atoms with van der Waals surface area (Å²) in [6, 6.07) is 6.50. The summed E-state index contributed by atoms with van der Waals surface area (Å²) in [7, 11) is 0. The largest absolute Gasteiger partial charge is 0.492 e. The second-order valence-electron chi connectivity index (χ2n) is 5.91. The Balaban J connectivity index is 2.08. The second kappa shape index (κ2) is 6.18. The predicted octanol–water partition coefficient (Wildman–Crippen LogP) is 3.90. The molecule has 1 aliphatic rings. The molecule has 2 atom stereocenters. The van der Waals surface area contributed by atoms with E-state index in [-0.39, 0.29) is 0 Å². The van der Waals surface area contributed by atoms with Crippen LogP contribution >= 0.6 is 0 Å². The Labute approximate surface area is 116 Å². The molecule has 0 amide bonds. The normalized spacial score (nSPS) is 27.0. The topological polar surface area (TPSA) is 47.3 Å². The highest BCUT2D eigenvalue weighted by atomic mass is 16.5. The quantitative estimate of drug-likeness (QED) is 0.809. The lowest BCUT2D eigenvalue weighted by Gasteiger charge is -2.33. The summed E-state index contributed by atoms with van der Waals surface area (Å²) in [5.74, 6) is 2.36. The fraction of sp³-hybridized carbons (Fsp3) is 0.625. The molecule has 0 aromatic heterocycles. The van der Waals surface area contributed by atoms with E-state index in [1.807, 2.05) is 25.1 Å². The predicted molar refractivity (Wildman–Crippen MR) is 81.6 cm³/mol. The van der Waals surface area contributed by atoms with Crippen molar-refractivity contribution < 1.29 is 4.74 Å². The van der Waals surface area contributed by atoms with Gasteiger partial charge >= 0.3 is 0 Å². The fourth-order valence-corrected chi connectivity index (χ4v) is 3.24. The van der Waals surface area contributed by atoms with E-state index >= 15 is 0 Å². The Morgan fingerprint density at radius 2 is 1.89 bits per heavy atom. The first-order valence-corrected chi connectivity index (χ1v) is 7.38. The zero-order chi connectivity index (χ0) is 13.8. The maximum Gasteiger partial charge on any atom is 0.144 e. The smallest absolute Gasteiger partial charge is 0.144 e. The van der Waals surface area contributed by atoms with Crippen LogP contribution in [-0.4, -0.2) is 12.6 Å². The molecule has 3 N–H and O–H groups in total. The minimum absolute atomic E-state index is 0.526. The molecule has 0 aliphatic heterocycles. The van der Waals surface area contributed by atoms with Crippen LogP contribution in [0.25, 0.3) is 0 Å². The van der Waals surface area contributed by atoms with Gasteiger partial charge in [0, 0.05) is 6.04 Å². The van der Waals surface area contributed by atoms with Gasteiger partial charge in [-0.2, -0.15) is 0 Å². The van der Waals surface area contributed by atoms with E-state index in [0.29, 0.717) is 12.6 Å². The first kappa shape index (κ1) is 14.0. The maximum atomic E-state index is 6.17. The number of anilines is 2. The van der Waals surface area contributed by atoms with Crippen LogP contribution in [0, 0.1) is 11.8 Å². The van der Waals surface area contributed by atoms with Gasteiger partial charge in [0.2, 0.25) is 0 Å². The van der Waals surface area contributed by atoms with Crippen LogP contribution in [0.2, 0.25) is 0 Å². The van der Waals surface area contributed by atoms with Crippen LogP contribution in [0.5, 0.6) is 5.75 Å². The van der Waals surface area contributed by atoms with Crippen molar-refractivity contribution in [2.45, 2.75) is 46.1 Å². The van der Waals surface area contributed by atoms with Gasteiger partial charge in [-0.25, -0.2) is 0 Å². The molecule has 1 aromatic rings. The molecule has 106 valence electrons. The molecule has 19 heavy (non-hydrogen) atoms. The molecule has 2 unspecified atom stereocenters. The highest BCUT2D eigenvalue weighted by Crippen LogP contribution is 2.34. The first-order chi connectivity index (χ1) is 9.10.